The lowest BCUT2D eigenvalue weighted by Gasteiger charge is -2.13. The molecule has 2 heterocycles. The van der Waals surface area contributed by atoms with Crippen molar-refractivity contribution in [2.45, 2.75) is 18.1 Å². The van der Waals surface area contributed by atoms with Crippen molar-refractivity contribution in [1.82, 2.24) is 29.2 Å². The molecule has 0 aliphatic heterocycles. The molecule has 2 amide bonds. The van der Waals surface area contributed by atoms with Crippen LogP contribution >= 0.6 is 11.8 Å². The number of carbonyl (C=O) groups excluding carboxylic acids is 2. The first-order chi connectivity index (χ1) is 16.3. The maximum absolute atomic E-state index is 12.5. The van der Waals surface area contributed by atoms with E-state index in [1.807, 2.05) is 13.0 Å². The number of hydrogen-bond donors (Lipinski definition) is 2. The van der Waals surface area contributed by atoms with Crippen LogP contribution in [0.3, 0.4) is 0 Å². The number of nitrogens with one attached hydrogen (secondary N) is 2. The zero-order valence-electron chi connectivity index (χ0n) is 19.3. The minimum atomic E-state index is -0.363. The van der Waals surface area contributed by atoms with Gasteiger partial charge in [0, 0.05) is 32.4 Å². The minimum Gasteiger partial charge on any atom is -0.342 e. The summed E-state index contributed by atoms with van der Waals surface area (Å²) in [5, 5.41) is 14.7. The number of thioether (sulfide) groups is 1. The van der Waals surface area contributed by atoms with Gasteiger partial charge in [0.1, 0.15) is 0 Å². The minimum absolute atomic E-state index is 0.124. The Morgan fingerprint density at radius 1 is 0.971 bits per heavy atom. The van der Waals surface area contributed by atoms with Crippen LogP contribution in [-0.2, 0) is 25.9 Å². The van der Waals surface area contributed by atoms with Crippen LogP contribution in [0.5, 0.6) is 0 Å². The van der Waals surface area contributed by atoms with Crippen molar-refractivity contribution in [3.05, 3.63) is 70.4 Å². The summed E-state index contributed by atoms with van der Waals surface area (Å²) in [5.74, 6) is 0.308. The van der Waals surface area contributed by atoms with Crippen LogP contribution in [0.25, 0.3) is 11.0 Å². The molecule has 176 valence electrons. The van der Waals surface area contributed by atoms with E-state index < -0.39 is 0 Å². The van der Waals surface area contributed by atoms with Crippen molar-refractivity contribution in [2.24, 2.45) is 21.1 Å². The van der Waals surface area contributed by atoms with E-state index in [2.05, 4.69) is 20.8 Å². The van der Waals surface area contributed by atoms with Crippen molar-refractivity contribution in [3.63, 3.8) is 0 Å². The average Bonchev–Trinajstić information content (AvgIpc) is 3.30. The van der Waals surface area contributed by atoms with Gasteiger partial charge in [0.15, 0.2) is 11.0 Å². The first-order valence-corrected chi connectivity index (χ1v) is 11.6. The summed E-state index contributed by atoms with van der Waals surface area (Å²) < 4.78 is 4.87. The molecule has 1 unspecified atom stereocenters. The molecule has 2 N–H and O–H groups in total. The smallest absolute Gasteiger partial charge is 0.328 e. The maximum Gasteiger partial charge on any atom is 0.328 e. The molecular weight excluding hydrogens is 454 g/mol. The molecule has 11 heteroatoms. The summed E-state index contributed by atoms with van der Waals surface area (Å²) in [7, 11) is 5.20. The molecule has 0 aliphatic rings. The molecule has 10 nitrogen and oxygen atoms in total. The van der Waals surface area contributed by atoms with E-state index in [4.69, 9.17) is 0 Å². The number of aromatic nitrogens is 5. The van der Waals surface area contributed by atoms with Crippen LogP contribution in [0.2, 0.25) is 0 Å². The van der Waals surface area contributed by atoms with Gasteiger partial charge in [0.25, 0.3) is 5.91 Å². The van der Waals surface area contributed by atoms with Gasteiger partial charge in [-0.25, -0.2) is 4.79 Å². The van der Waals surface area contributed by atoms with Crippen molar-refractivity contribution in [1.29, 1.82) is 0 Å². The van der Waals surface area contributed by atoms with Gasteiger partial charge < -0.3 is 15.2 Å². The average molecular weight is 480 g/mol. The van der Waals surface area contributed by atoms with Gasteiger partial charge in [-0.3, -0.25) is 18.7 Å². The number of amides is 2. The number of anilines is 1. The molecule has 4 rings (SSSR count). The largest absolute Gasteiger partial charge is 0.342 e. The molecule has 2 aromatic carbocycles. The van der Waals surface area contributed by atoms with Crippen LogP contribution in [0, 0.1) is 0 Å². The van der Waals surface area contributed by atoms with Crippen LogP contribution in [-0.4, -0.2) is 41.5 Å². The lowest BCUT2D eigenvalue weighted by Crippen LogP contribution is -2.28. The third-order valence-electron chi connectivity index (χ3n) is 5.53. The highest BCUT2D eigenvalue weighted by Crippen LogP contribution is 2.21. The van der Waals surface area contributed by atoms with Gasteiger partial charge in [0.05, 0.1) is 22.8 Å². The van der Waals surface area contributed by atoms with Crippen LogP contribution in [0.4, 0.5) is 5.69 Å². The van der Waals surface area contributed by atoms with E-state index in [0.717, 1.165) is 11.0 Å². The molecule has 0 saturated carbocycles. The normalized spacial score (nSPS) is 12.0. The zero-order chi connectivity index (χ0) is 24.4. The highest BCUT2D eigenvalue weighted by atomic mass is 32.2. The number of fused-ring (bicyclic) bond motifs is 1. The van der Waals surface area contributed by atoms with Crippen molar-refractivity contribution >= 4 is 40.3 Å². The molecule has 0 saturated heterocycles. The second-order valence-corrected chi connectivity index (χ2v) is 8.84. The Morgan fingerprint density at radius 3 is 2.41 bits per heavy atom. The summed E-state index contributed by atoms with van der Waals surface area (Å²) in [4.78, 5) is 37.0. The Hall–Kier alpha value is -3.86. The monoisotopic (exact) mass is 479 g/mol. The molecule has 0 bridgehead atoms. The van der Waals surface area contributed by atoms with Gasteiger partial charge in [-0.1, -0.05) is 30.0 Å². The van der Waals surface area contributed by atoms with E-state index >= 15 is 0 Å². The molecular formula is C23H25N7O3S. The first-order valence-electron chi connectivity index (χ1n) is 10.6. The zero-order valence-corrected chi connectivity index (χ0v) is 20.1. The predicted octanol–water partition coefficient (Wildman–Crippen LogP) is 2.23. The molecule has 34 heavy (non-hydrogen) atoms. The van der Waals surface area contributed by atoms with Crippen molar-refractivity contribution < 1.29 is 9.59 Å². The first kappa shape index (κ1) is 23.3. The van der Waals surface area contributed by atoms with E-state index in [1.165, 1.54) is 11.8 Å². The summed E-state index contributed by atoms with van der Waals surface area (Å²) in [6.45, 7) is 1.83. The summed E-state index contributed by atoms with van der Waals surface area (Å²) >= 11 is 1.25. The Kier molecular flexibility index (Phi) is 6.55. The molecule has 0 radical (unpaired) electrons. The standard InChI is InChI=1S/C23H25N7O3S/c1-14(24-21(32)15-8-6-5-7-9-15)20-26-27-22(30(20)4)34-13-19(31)25-16-10-11-17-18(12-16)29(3)23(33)28(17)2/h5-12,14H,13H2,1-4H3,(H,24,32)(H,25,31). The van der Waals surface area contributed by atoms with E-state index in [0.29, 0.717) is 22.2 Å². The third-order valence-corrected chi connectivity index (χ3v) is 6.55. The topological polar surface area (TPSA) is 116 Å². The van der Waals surface area contributed by atoms with Gasteiger partial charge in [-0.05, 0) is 37.3 Å². The lowest BCUT2D eigenvalue weighted by molar-refractivity contribution is -0.113. The molecule has 2 aromatic heterocycles. The van der Waals surface area contributed by atoms with E-state index in [1.54, 1.807) is 77.3 Å². The number of aryl methyl sites for hydroxylation is 2. The van der Waals surface area contributed by atoms with Crippen LogP contribution in [0.15, 0.2) is 58.5 Å². The second kappa shape index (κ2) is 9.56. The number of benzene rings is 2. The van der Waals surface area contributed by atoms with Gasteiger partial charge in [0.2, 0.25) is 5.91 Å². The Labute approximate surface area is 200 Å². The predicted molar refractivity (Wildman–Crippen MR) is 131 cm³/mol. The number of rotatable bonds is 7. The van der Waals surface area contributed by atoms with Crippen molar-refractivity contribution in [2.75, 3.05) is 11.1 Å². The summed E-state index contributed by atoms with van der Waals surface area (Å²) in [6, 6.07) is 13.9. The molecule has 0 fully saturated rings. The maximum atomic E-state index is 12.5. The van der Waals surface area contributed by atoms with Gasteiger partial charge >= 0.3 is 5.69 Å². The summed E-state index contributed by atoms with van der Waals surface area (Å²) in [6.07, 6.45) is 0. The van der Waals surface area contributed by atoms with E-state index in [9.17, 15) is 14.4 Å². The molecule has 1 atom stereocenters. The molecule has 0 spiro atoms. The fourth-order valence-electron chi connectivity index (χ4n) is 3.67. The van der Waals surface area contributed by atoms with Gasteiger partial charge in [-0.2, -0.15) is 0 Å². The SMILES string of the molecule is CC(NC(=O)c1ccccc1)c1nnc(SCC(=O)Nc2ccc3c(c2)n(C)c(=O)n3C)n1C. The third kappa shape index (κ3) is 4.60. The summed E-state index contributed by atoms with van der Waals surface area (Å²) in [5.41, 5.74) is 2.58. The number of carbonyl (C=O) groups is 2. The Balaban J connectivity index is 1.37. The number of nitrogens with zero attached hydrogens (tertiary/aromatic N) is 5. The Morgan fingerprint density at radius 2 is 1.68 bits per heavy atom. The van der Waals surface area contributed by atoms with Crippen LogP contribution < -0.4 is 16.3 Å². The molecule has 4 aromatic rings. The van der Waals surface area contributed by atoms with E-state index in [-0.39, 0.29) is 29.3 Å². The highest BCUT2D eigenvalue weighted by molar-refractivity contribution is 7.99. The van der Waals surface area contributed by atoms with Gasteiger partial charge in [-0.15, -0.1) is 10.2 Å². The Bertz CT molecular complexity index is 1420. The number of imidazole rings is 1. The second-order valence-electron chi connectivity index (χ2n) is 7.90. The lowest BCUT2D eigenvalue weighted by atomic mass is 10.2. The molecule has 0 aliphatic carbocycles. The van der Waals surface area contributed by atoms with Crippen LogP contribution in [0.1, 0.15) is 29.1 Å². The van der Waals surface area contributed by atoms with Crippen molar-refractivity contribution in [3.8, 4) is 0 Å². The number of hydrogen-bond acceptors (Lipinski definition) is 6. The quantitative estimate of drug-likeness (QED) is 0.393. The fraction of sp³-hybridized carbons (Fsp3) is 0.261. The highest BCUT2D eigenvalue weighted by Gasteiger charge is 2.19. The fourth-order valence-corrected chi connectivity index (χ4v) is 4.39.